The number of aliphatic hydroxyl groups excluding tert-OH is 3. The minimum atomic E-state index is -1.64. The Bertz CT molecular complexity index is 918. The van der Waals surface area contributed by atoms with E-state index in [1.165, 1.54) is 30.2 Å². The Morgan fingerprint density at radius 1 is 0.589 bits per heavy atom. The van der Waals surface area contributed by atoms with E-state index in [2.05, 4.69) is 97.0 Å². The summed E-state index contributed by atoms with van der Waals surface area (Å²) in [6.07, 6.45) is 4.99. The van der Waals surface area contributed by atoms with Crippen LogP contribution in [-0.4, -0.2) is 156 Å². The Labute approximate surface area is 352 Å². The lowest BCUT2D eigenvalue weighted by Gasteiger charge is -2.35. The Balaban J connectivity index is 0. The quantitative estimate of drug-likeness (QED) is 0.0249. The molecule has 0 amide bonds. The molecule has 2 unspecified atom stereocenters. The average Bonchev–Trinajstić information content (AvgIpc) is 3.88. The molecule has 0 bridgehead atoms. The summed E-state index contributed by atoms with van der Waals surface area (Å²) in [4.78, 5) is 0. The molecule has 0 aromatic carbocycles. The summed E-state index contributed by atoms with van der Waals surface area (Å²) in [5, 5.41) is 30.1. The Morgan fingerprint density at radius 3 is 1.50 bits per heavy atom. The highest BCUT2D eigenvalue weighted by Crippen LogP contribution is 2.28. The minimum Gasteiger partial charge on any atom is -0.456 e. The van der Waals surface area contributed by atoms with Gasteiger partial charge in [-0.05, 0) is 115 Å². The van der Waals surface area contributed by atoms with Gasteiger partial charge in [0.15, 0.2) is 33.3 Å². The molecular formula is C39H96N2O9Si6. The minimum absolute atomic E-state index is 0.0833. The van der Waals surface area contributed by atoms with Gasteiger partial charge in [-0.3, -0.25) is 0 Å². The van der Waals surface area contributed by atoms with E-state index in [-0.39, 0.29) is 13.2 Å². The standard InChI is InChI=1S/C20H49NO4Si3.C15H36O3Si3.C4H11NO2/c1-26(2,3)16-17-28(6,7)25-27(4,5)15-11-14-24-19-20(23)18-21-12-9-8-10-13-22;1-19(2,3)11-12-21(6,7)18-20(4,5)10-8-9-16-13-15-14-17-15;5-1-3-7-4-2-6/h20-23H,8-19H2,1-7H3;15H,8-14H2,1-7H3;6H,1-5H2. The van der Waals surface area contributed by atoms with Gasteiger partial charge in [-0.25, -0.2) is 0 Å². The predicted octanol–water partition coefficient (Wildman–Crippen LogP) is 7.78. The smallest absolute Gasteiger partial charge is 0.173 e. The van der Waals surface area contributed by atoms with Gasteiger partial charge in [-0.2, -0.15) is 0 Å². The Kier molecular flexibility index (Phi) is 33.3. The van der Waals surface area contributed by atoms with Gasteiger partial charge in [0.2, 0.25) is 0 Å². The predicted molar refractivity (Wildman–Crippen MR) is 255 cm³/mol. The summed E-state index contributed by atoms with van der Waals surface area (Å²) >= 11 is 0. The van der Waals surface area contributed by atoms with Crippen LogP contribution in [0.4, 0.5) is 0 Å². The maximum absolute atomic E-state index is 9.95. The second-order valence-electron chi connectivity index (χ2n) is 20.4. The first kappa shape index (κ1) is 59.0. The van der Waals surface area contributed by atoms with Crippen molar-refractivity contribution in [3.63, 3.8) is 0 Å². The molecule has 2 atom stereocenters. The number of hydrogen-bond acceptors (Lipinski definition) is 11. The molecule has 0 spiro atoms. The second-order valence-corrected chi connectivity index (χ2v) is 49.4. The van der Waals surface area contributed by atoms with E-state index in [1.807, 2.05) is 0 Å². The third kappa shape index (κ3) is 44.4. The van der Waals surface area contributed by atoms with Crippen molar-refractivity contribution < 1.29 is 42.5 Å². The molecule has 0 aliphatic carbocycles. The van der Waals surface area contributed by atoms with Crippen molar-refractivity contribution in [2.24, 2.45) is 5.73 Å². The van der Waals surface area contributed by atoms with Crippen LogP contribution in [0.1, 0.15) is 32.1 Å². The van der Waals surface area contributed by atoms with Crippen LogP contribution in [-0.2, 0) is 27.2 Å². The number of aliphatic hydroxyl groups is 3. The topological polar surface area (TPSA) is 157 Å². The fourth-order valence-electron chi connectivity index (χ4n) is 5.97. The van der Waals surface area contributed by atoms with Crippen molar-refractivity contribution in [2.45, 2.75) is 172 Å². The molecule has 11 nitrogen and oxygen atoms in total. The van der Waals surface area contributed by atoms with Gasteiger partial charge >= 0.3 is 0 Å². The number of unbranched alkanes of at least 4 members (excludes halogenated alkanes) is 2. The first-order valence-corrected chi connectivity index (χ1v) is 41.7. The van der Waals surface area contributed by atoms with Crippen LogP contribution in [0.25, 0.3) is 0 Å². The van der Waals surface area contributed by atoms with Crippen molar-refractivity contribution in [2.75, 3.05) is 79.1 Å². The van der Waals surface area contributed by atoms with Crippen LogP contribution >= 0.6 is 0 Å². The summed E-state index contributed by atoms with van der Waals surface area (Å²) in [5.41, 5.74) is 5.06. The van der Waals surface area contributed by atoms with Gasteiger partial charge in [0.05, 0.1) is 45.7 Å². The monoisotopic (exact) mass is 905 g/mol. The first-order valence-electron chi connectivity index (χ1n) is 21.8. The zero-order valence-corrected chi connectivity index (χ0v) is 45.3. The van der Waals surface area contributed by atoms with Gasteiger partial charge in [0.25, 0.3) is 0 Å². The van der Waals surface area contributed by atoms with E-state index in [1.54, 1.807) is 0 Å². The largest absolute Gasteiger partial charge is 0.456 e. The van der Waals surface area contributed by atoms with Gasteiger partial charge in [-0.1, -0.05) is 51.4 Å². The normalized spacial score (nSPS) is 15.9. The number of ether oxygens (including phenoxy) is 4. The first-order chi connectivity index (χ1) is 25.8. The van der Waals surface area contributed by atoms with Crippen LogP contribution in [0, 0.1) is 0 Å². The summed E-state index contributed by atoms with van der Waals surface area (Å²) in [6.45, 7) is 40.6. The van der Waals surface area contributed by atoms with Crippen LogP contribution < -0.4 is 11.1 Å². The molecule has 0 saturated carbocycles. The maximum Gasteiger partial charge on any atom is 0.173 e. The van der Waals surface area contributed by atoms with E-state index >= 15 is 0 Å². The molecule has 0 aromatic rings. The molecule has 17 heteroatoms. The number of rotatable bonds is 33. The molecule has 340 valence electrons. The Morgan fingerprint density at radius 2 is 1.07 bits per heavy atom. The van der Waals surface area contributed by atoms with Crippen LogP contribution in [0.2, 0.25) is 128 Å². The number of nitrogens with two attached hydrogens (primary N) is 1. The molecule has 0 aromatic heterocycles. The number of epoxide rings is 1. The fraction of sp³-hybridized carbons (Fsp3) is 1.00. The van der Waals surface area contributed by atoms with Crippen LogP contribution in [0.3, 0.4) is 0 Å². The maximum atomic E-state index is 9.95. The second kappa shape index (κ2) is 31.7. The molecule has 1 saturated heterocycles. The van der Waals surface area contributed by atoms with Crippen molar-refractivity contribution >= 4 is 49.4 Å². The SMILES string of the molecule is C[Si](C)(C)CC[Si](C)(C)O[Si](C)(C)CCCOCC(O)CNCCCCCO.C[Si](C)(C)CC[Si](C)(C)O[Si](C)(C)CCCOCC1CO1.NCCOCCO. The molecule has 1 fully saturated rings. The molecule has 6 N–H and O–H groups in total. The van der Waals surface area contributed by atoms with E-state index in [9.17, 15) is 5.11 Å². The van der Waals surface area contributed by atoms with Crippen molar-refractivity contribution in [3.8, 4) is 0 Å². The van der Waals surface area contributed by atoms with Gasteiger partial charge in [0, 0.05) is 49.1 Å². The molecule has 0 radical (unpaired) electrons. The van der Waals surface area contributed by atoms with Crippen molar-refractivity contribution in [1.29, 1.82) is 0 Å². The van der Waals surface area contributed by atoms with Gasteiger partial charge in [0.1, 0.15) is 6.10 Å². The van der Waals surface area contributed by atoms with Gasteiger partial charge in [-0.15, -0.1) is 0 Å². The van der Waals surface area contributed by atoms with Crippen LogP contribution in [0.15, 0.2) is 0 Å². The number of nitrogens with one attached hydrogen (secondary N) is 1. The highest BCUT2D eigenvalue weighted by molar-refractivity contribution is 6.87. The van der Waals surface area contributed by atoms with Crippen molar-refractivity contribution in [3.05, 3.63) is 0 Å². The van der Waals surface area contributed by atoms with E-state index in [0.29, 0.717) is 45.6 Å². The molecule has 1 heterocycles. The van der Waals surface area contributed by atoms with E-state index < -0.39 is 55.5 Å². The highest BCUT2D eigenvalue weighted by Gasteiger charge is 2.35. The third-order valence-electron chi connectivity index (χ3n) is 9.10. The fourth-order valence-corrected chi connectivity index (χ4v) is 32.4. The number of hydrogen-bond donors (Lipinski definition) is 5. The molecule has 1 aliphatic heterocycles. The summed E-state index contributed by atoms with van der Waals surface area (Å²) in [6, 6.07) is 7.72. The lowest BCUT2D eigenvalue weighted by Crippen LogP contribution is -2.45. The molecule has 1 rings (SSSR count). The van der Waals surface area contributed by atoms with E-state index in [0.717, 1.165) is 64.5 Å². The highest BCUT2D eigenvalue weighted by atomic mass is 28.4. The lowest BCUT2D eigenvalue weighted by atomic mass is 10.2. The molecular weight excluding hydrogens is 809 g/mol. The summed E-state index contributed by atoms with van der Waals surface area (Å²) in [5.74, 6) is 0. The third-order valence-corrected chi connectivity index (χ3v) is 28.5. The van der Waals surface area contributed by atoms with Crippen molar-refractivity contribution in [1.82, 2.24) is 5.32 Å². The van der Waals surface area contributed by atoms with Crippen LogP contribution in [0.5, 0.6) is 0 Å². The zero-order chi connectivity index (χ0) is 43.4. The lowest BCUT2D eigenvalue weighted by molar-refractivity contribution is 0.0372. The Hall–Kier alpha value is 0.861. The molecule has 1 aliphatic rings. The van der Waals surface area contributed by atoms with Gasteiger partial charge < -0.3 is 53.5 Å². The molecule has 56 heavy (non-hydrogen) atoms. The average molecular weight is 906 g/mol. The summed E-state index contributed by atoms with van der Waals surface area (Å²) in [7, 11) is -8.18. The summed E-state index contributed by atoms with van der Waals surface area (Å²) < 4.78 is 34.6. The van der Waals surface area contributed by atoms with E-state index in [4.69, 9.17) is 43.1 Å². The zero-order valence-electron chi connectivity index (χ0n) is 39.3.